The molecular formula is C20H19F3N4O3. The molecule has 158 valence electrons. The third-order valence-corrected chi connectivity index (χ3v) is 4.51. The Labute approximate surface area is 169 Å². The van der Waals surface area contributed by atoms with Crippen molar-refractivity contribution in [3.63, 3.8) is 0 Å². The first-order valence-corrected chi connectivity index (χ1v) is 8.88. The zero-order valence-corrected chi connectivity index (χ0v) is 16.2. The van der Waals surface area contributed by atoms with Crippen LogP contribution in [-0.4, -0.2) is 27.1 Å². The number of hydrogen-bond donors (Lipinski definition) is 1. The quantitative estimate of drug-likeness (QED) is 0.665. The zero-order valence-electron chi connectivity index (χ0n) is 16.2. The highest BCUT2D eigenvalue weighted by Crippen LogP contribution is 2.26. The van der Waals surface area contributed by atoms with Gasteiger partial charge in [-0.3, -0.25) is 9.59 Å². The first kappa shape index (κ1) is 21.2. The summed E-state index contributed by atoms with van der Waals surface area (Å²) in [5.41, 5.74) is -1.92. The number of carbonyl (C=O) groups is 1. The van der Waals surface area contributed by atoms with Crippen molar-refractivity contribution in [2.45, 2.75) is 18.8 Å². The molecule has 1 amide bonds. The van der Waals surface area contributed by atoms with E-state index in [0.717, 1.165) is 16.8 Å². The molecule has 0 aliphatic rings. The fraction of sp³-hybridized carbons (Fsp3) is 0.250. The number of aryl methyl sites for hydroxylation is 1. The summed E-state index contributed by atoms with van der Waals surface area (Å²) in [6.07, 6.45) is -0.389. The second-order valence-electron chi connectivity index (χ2n) is 6.52. The van der Waals surface area contributed by atoms with Gasteiger partial charge in [0, 0.05) is 25.6 Å². The van der Waals surface area contributed by atoms with Crippen LogP contribution in [0.4, 0.5) is 13.2 Å². The third kappa shape index (κ3) is 4.53. The van der Waals surface area contributed by atoms with Gasteiger partial charge in [-0.1, -0.05) is 12.1 Å². The molecule has 3 rings (SSSR count). The third-order valence-electron chi connectivity index (χ3n) is 4.51. The van der Waals surface area contributed by atoms with Gasteiger partial charge in [0.25, 0.3) is 5.56 Å². The normalized spacial score (nSPS) is 12.4. The summed E-state index contributed by atoms with van der Waals surface area (Å²) in [5.74, 6) is 0.504. The van der Waals surface area contributed by atoms with E-state index in [1.807, 2.05) is 0 Å². The molecule has 0 spiro atoms. The molecule has 1 N–H and O–H groups in total. The average Bonchev–Trinajstić information content (AvgIpc) is 3.12. The lowest BCUT2D eigenvalue weighted by molar-refractivity contribution is -0.139. The Morgan fingerprint density at radius 3 is 2.47 bits per heavy atom. The van der Waals surface area contributed by atoms with E-state index in [2.05, 4.69) is 10.3 Å². The highest BCUT2D eigenvalue weighted by atomic mass is 19.4. The standard InChI is InChI=1S/C20H19F3N4O3/c1-26-11-9-24-18(26)17(13-5-7-14(30-2)8-6-13)25-16(28)12-27-10-3-4-15(19(27)29)20(21,22)23/h3-11,17H,12H2,1-2H3,(H,25,28)/t17-/m1/s1. The molecule has 2 aromatic heterocycles. The van der Waals surface area contributed by atoms with E-state index in [9.17, 15) is 22.8 Å². The second kappa shape index (κ2) is 8.44. The Hall–Kier alpha value is -3.56. The lowest BCUT2D eigenvalue weighted by Crippen LogP contribution is -2.37. The summed E-state index contributed by atoms with van der Waals surface area (Å²) < 4.78 is 46.4. The fourth-order valence-corrected chi connectivity index (χ4v) is 2.99. The number of halogens is 3. The molecule has 10 heteroatoms. The van der Waals surface area contributed by atoms with E-state index >= 15 is 0 Å². The SMILES string of the molecule is COc1ccc([C@@H](NC(=O)Cn2cccc(C(F)(F)F)c2=O)c2nccn2C)cc1. The van der Waals surface area contributed by atoms with Crippen molar-refractivity contribution in [3.05, 3.63) is 82.3 Å². The summed E-state index contributed by atoms with van der Waals surface area (Å²) in [4.78, 5) is 29.0. The number of carbonyl (C=O) groups excluding carboxylic acids is 1. The van der Waals surface area contributed by atoms with E-state index in [-0.39, 0.29) is 0 Å². The number of nitrogens with zero attached hydrogens (tertiary/aromatic N) is 3. The van der Waals surface area contributed by atoms with Gasteiger partial charge in [0.15, 0.2) is 0 Å². The minimum Gasteiger partial charge on any atom is -0.497 e. The van der Waals surface area contributed by atoms with Gasteiger partial charge in [0.1, 0.15) is 29.7 Å². The number of amides is 1. The molecule has 0 fully saturated rings. The Morgan fingerprint density at radius 2 is 1.90 bits per heavy atom. The van der Waals surface area contributed by atoms with Crippen LogP contribution < -0.4 is 15.6 Å². The van der Waals surface area contributed by atoms with Gasteiger partial charge in [-0.25, -0.2) is 4.98 Å². The number of rotatable bonds is 6. The summed E-state index contributed by atoms with van der Waals surface area (Å²) in [5, 5.41) is 2.74. The Kier molecular flexibility index (Phi) is 5.95. The lowest BCUT2D eigenvalue weighted by atomic mass is 10.1. The monoisotopic (exact) mass is 420 g/mol. The number of hydrogen-bond acceptors (Lipinski definition) is 4. The van der Waals surface area contributed by atoms with E-state index in [4.69, 9.17) is 4.74 Å². The smallest absolute Gasteiger partial charge is 0.421 e. The molecule has 0 aliphatic heterocycles. The molecule has 0 unspecified atom stereocenters. The van der Waals surface area contributed by atoms with Crippen LogP contribution in [0.1, 0.15) is 23.0 Å². The Balaban J connectivity index is 1.87. The number of alkyl halides is 3. The van der Waals surface area contributed by atoms with Crippen LogP contribution in [-0.2, 0) is 24.6 Å². The first-order valence-electron chi connectivity index (χ1n) is 8.88. The number of methoxy groups -OCH3 is 1. The average molecular weight is 420 g/mol. The number of aromatic nitrogens is 3. The summed E-state index contributed by atoms with van der Waals surface area (Å²) in [7, 11) is 3.28. The number of ether oxygens (including phenoxy) is 1. The molecular weight excluding hydrogens is 401 g/mol. The maximum Gasteiger partial charge on any atom is 0.421 e. The van der Waals surface area contributed by atoms with Gasteiger partial charge in [-0.05, 0) is 29.8 Å². The fourth-order valence-electron chi connectivity index (χ4n) is 2.99. The first-order chi connectivity index (χ1) is 14.2. The maximum absolute atomic E-state index is 13.0. The maximum atomic E-state index is 13.0. The van der Waals surface area contributed by atoms with Crippen molar-refractivity contribution in [2.75, 3.05) is 7.11 Å². The zero-order chi connectivity index (χ0) is 21.9. The van der Waals surface area contributed by atoms with Gasteiger partial charge >= 0.3 is 6.18 Å². The van der Waals surface area contributed by atoms with Gasteiger partial charge in [-0.2, -0.15) is 13.2 Å². The van der Waals surface area contributed by atoms with E-state index in [0.29, 0.717) is 23.2 Å². The summed E-state index contributed by atoms with van der Waals surface area (Å²) in [6, 6.07) is 8.01. The number of benzene rings is 1. The van der Waals surface area contributed by atoms with Crippen molar-refractivity contribution >= 4 is 5.91 Å². The predicted molar refractivity (Wildman–Crippen MR) is 102 cm³/mol. The van der Waals surface area contributed by atoms with Crippen LogP contribution in [0, 0.1) is 0 Å². The van der Waals surface area contributed by atoms with Crippen LogP contribution in [0.3, 0.4) is 0 Å². The number of pyridine rings is 1. The van der Waals surface area contributed by atoms with Crippen LogP contribution in [0.2, 0.25) is 0 Å². The van der Waals surface area contributed by atoms with Gasteiger partial charge < -0.3 is 19.2 Å². The molecule has 2 heterocycles. The molecule has 1 aromatic carbocycles. The highest BCUT2D eigenvalue weighted by molar-refractivity contribution is 5.76. The molecule has 0 aliphatic carbocycles. The largest absolute Gasteiger partial charge is 0.497 e. The molecule has 30 heavy (non-hydrogen) atoms. The summed E-state index contributed by atoms with van der Waals surface area (Å²) >= 11 is 0. The highest BCUT2D eigenvalue weighted by Gasteiger charge is 2.34. The van der Waals surface area contributed by atoms with Crippen LogP contribution in [0.5, 0.6) is 5.75 Å². The van der Waals surface area contributed by atoms with Gasteiger partial charge in [0.2, 0.25) is 5.91 Å². The van der Waals surface area contributed by atoms with Crippen LogP contribution in [0.15, 0.2) is 59.8 Å². The predicted octanol–water partition coefficient (Wildman–Crippen LogP) is 2.52. The molecule has 1 atom stereocenters. The minimum absolute atomic E-state index is 0.518. The number of imidazole rings is 1. The molecule has 0 saturated carbocycles. The molecule has 0 saturated heterocycles. The minimum atomic E-state index is -4.80. The topological polar surface area (TPSA) is 78.2 Å². The molecule has 0 radical (unpaired) electrons. The molecule has 3 aromatic rings. The van der Waals surface area contributed by atoms with E-state index in [1.54, 1.807) is 48.3 Å². The molecule has 7 nitrogen and oxygen atoms in total. The van der Waals surface area contributed by atoms with Gasteiger partial charge in [-0.15, -0.1) is 0 Å². The van der Waals surface area contributed by atoms with Crippen molar-refractivity contribution in [2.24, 2.45) is 7.05 Å². The van der Waals surface area contributed by atoms with Crippen LogP contribution in [0.25, 0.3) is 0 Å². The molecule has 0 bridgehead atoms. The van der Waals surface area contributed by atoms with Gasteiger partial charge in [0.05, 0.1) is 7.11 Å². The van der Waals surface area contributed by atoms with E-state index < -0.39 is 35.8 Å². The van der Waals surface area contributed by atoms with Crippen molar-refractivity contribution in [3.8, 4) is 5.75 Å². The second-order valence-corrected chi connectivity index (χ2v) is 6.52. The van der Waals surface area contributed by atoms with Crippen LogP contribution >= 0.6 is 0 Å². The van der Waals surface area contributed by atoms with Crippen molar-refractivity contribution < 1.29 is 22.7 Å². The van der Waals surface area contributed by atoms with Crippen molar-refractivity contribution in [1.29, 1.82) is 0 Å². The Morgan fingerprint density at radius 1 is 1.20 bits per heavy atom. The number of nitrogens with one attached hydrogen (secondary N) is 1. The Bertz CT molecular complexity index is 1090. The van der Waals surface area contributed by atoms with E-state index in [1.165, 1.54) is 7.11 Å². The summed E-state index contributed by atoms with van der Waals surface area (Å²) in [6.45, 7) is -0.570. The van der Waals surface area contributed by atoms with Crippen molar-refractivity contribution in [1.82, 2.24) is 19.4 Å². The lowest BCUT2D eigenvalue weighted by Gasteiger charge is -2.20.